The molecule has 0 bridgehead atoms. The Morgan fingerprint density at radius 1 is 1.40 bits per heavy atom. The van der Waals surface area contributed by atoms with Gasteiger partial charge in [-0.25, -0.2) is 5.43 Å². The van der Waals surface area contributed by atoms with E-state index in [1.54, 1.807) is 0 Å². The quantitative estimate of drug-likeness (QED) is 0.454. The third kappa shape index (κ3) is 2.64. The molecule has 0 fully saturated rings. The zero-order chi connectivity index (χ0) is 11.3. The minimum atomic E-state index is 0.500. The molecule has 1 aromatic carbocycles. The number of amides is 1. The second-order valence-corrected chi connectivity index (χ2v) is 3.15. The Balaban J connectivity index is 3.04. The summed E-state index contributed by atoms with van der Waals surface area (Å²) in [5.41, 5.74) is 5.55. The molecule has 4 heteroatoms. The largest absolute Gasteiger partial charge is 0.277 e. The first-order valence-corrected chi connectivity index (χ1v) is 4.42. The lowest BCUT2D eigenvalue weighted by Gasteiger charge is -2.03. The minimum Gasteiger partial charge on any atom is -0.277 e. The Morgan fingerprint density at radius 2 is 2.00 bits per heavy atom. The number of rotatable bonds is 3. The van der Waals surface area contributed by atoms with E-state index in [1.807, 2.05) is 26.0 Å². The van der Waals surface area contributed by atoms with Crippen LogP contribution in [0.5, 0.6) is 0 Å². The Hall–Kier alpha value is -2.15. The van der Waals surface area contributed by atoms with E-state index in [4.69, 9.17) is 5.26 Å². The number of benzene rings is 1. The summed E-state index contributed by atoms with van der Waals surface area (Å²) in [5.74, 6) is 0. The molecule has 0 saturated heterocycles. The normalized spacial score (nSPS) is 9.93. The van der Waals surface area contributed by atoms with Crippen molar-refractivity contribution in [3.8, 4) is 6.07 Å². The van der Waals surface area contributed by atoms with Gasteiger partial charge in [0.15, 0.2) is 0 Å². The highest BCUT2D eigenvalue weighted by Gasteiger charge is 2.02. The molecule has 1 amide bonds. The van der Waals surface area contributed by atoms with E-state index < -0.39 is 0 Å². The highest BCUT2D eigenvalue weighted by Crippen LogP contribution is 2.14. The molecule has 1 N–H and O–H groups in total. The predicted molar refractivity (Wildman–Crippen MR) is 57.4 cm³/mol. The average Bonchev–Trinajstić information content (AvgIpc) is 2.18. The molecule has 1 rings (SSSR count). The van der Waals surface area contributed by atoms with Crippen molar-refractivity contribution < 1.29 is 4.79 Å². The lowest BCUT2D eigenvalue weighted by atomic mass is 10.0. The summed E-state index contributed by atoms with van der Waals surface area (Å²) in [6.07, 6.45) is 2.04. The molecule has 0 aromatic heterocycles. The third-order valence-electron chi connectivity index (χ3n) is 2.01. The Morgan fingerprint density at radius 3 is 2.47 bits per heavy atom. The van der Waals surface area contributed by atoms with Crippen LogP contribution in [0.15, 0.2) is 17.2 Å². The van der Waals surface area contributed by atoms with Crippen LogP contribution in [0.25, 0.3) is 0 Å². The van der Waals surface area contributed by atoms with Crippen molar-refractivity contribution in [1.29, 1.82) is 5.26 Å². The maximum Gasteiger partial charge on any atom is 0.227 e. The number of hydrogen-bond acceptors (Lipinski definition) is 3. The van der Waals surface area contributed by atoms with Crippen molar-refractivity contribution in [1.82, 2.24) is 5.43 Å². The van der Waals surface area contributed by atoms with Crippen molar-refractivity contribution in [3.05, 3.63) is 34.4 Å². The van der Waals surface area contributed by atoms with Gasteiger partial charge < -0.3 is 0 Å². The van der Waals surface area contributed by atoms with Gasteiger partial charge in [0.1, 0.15) is 0 Å². The molecule has 0 aliphatic heterocycles. The molecular weight excluding hydrogens is 190 g/mol. The zero-order valence-corrected chi connectivity index (χ0v) is 8.61. The second kappa shape index (κ2) is 4.91. The summed E-state index contributed by atoms with van der Waals surface area (Å²) in [6.45, 7) is 3.74. The predicted octanol–water partition coefficient (Wildman–Crippen LogP) is 1.26. The number of nitrogens with one attached hydrogen (secondary N) is 1. The van der Waals surface area contributed by atoms with Gasteiger partial charge in [0, 0.05) is 0 Å². The highest BCUT2D eigenvalue weighted by molar-refractivity contribution is 5.81. The number of carbonyl (C=O) groups is 1. The molecule has 0 unspecified atom stereocenters. The zero-order valence-electron chi connectivity index (χ0n) is 8.61. The van der Waals surface area contributed by atoms with Gasteiger partial charge in [-0.15, -0.1) is 0 Å². The lowest BCUT2D eigenvalue weighted by molar-refractivity contribution is -0.109. The number of aryl methyl sites for hydroxylation is 2. The van der Waals surface area contributed by atoms with Crippen LogP contribution in [-0.4, -0.2) is 12.6 Å². The summed E-state index contributed by atoms with van der Waals surface area (Å²) < 4.78 is 0. The van der Waals surface area contributed by atoms with Crippen molar-refractivity contribution in [2.75, 3.05) is 0 Å². The lowest BCUT2D eigenvalue weighted by Crippen LogP contribution is -2.01. The topological polar surface area (TPSA) is 65.2 Å². The molecule has 0 aliphatic rings. The summed E-state index contributed by atoms with van der Waals surface area (Å²) in [6, 6.07) is 5.84. The third-order valence-corrected chi connectivity index (χ3v) is 2.01. The molecule has 0 saturated carbocycles. The smallest absolute Gasteiger partial charge is 0.227 e. The molecule has 76 valence electrons. The van der Waals surface area contributed by atoms with Gasteiger partial charge in [-0.3, -0.25) is 4.79 Å². The van der Waals surface area contributed by atoms with Gasteiger partial charge in [-0.2, -0.15) is 10.4 Å². The number of hydrazone groups is 1. The number of carbonyl (C=O) groups excluding carboxylic acids is 1. The van der Waals surface area contributed by atoms with Gasteiger partial charge in [0.25, 0.3) is 0 Å². The molecule has 0 radical (unpaired) electrons. The van der Waals surface area contributed by atoms with Crippen molar-refractivity contribution >= 4 is 12.6 Å². The van der Waals surface area contributed by atoms with E-state index in [-0.39, 0.29) is 0 Å². The minimum absolute atomic E-state index is 0.500. The first-order valence-electron chi connectivity index (χ1n) is 4.42. The molecule has 0 spiro atoms. The van der Waals surface area contributed by atoms with Gasteiger partial charge in [0.05, 0.1) is 17.8 Å². The summed E-state index contributed by atoms with van der Waals surface area (Å²) in [5, 5.41) is 12.5. The monoisotopic (exact) mass is 201 g/mol. The van der Waals surface area contributed by atoms with Crippen molar-refractivity contribution in [2.24, 2.45) is 5.10 Å². The SMILES string of the molecule is Cc1cc(/C=N/NC=O)cc(C)c1C#N. The number of nitrogens with zero attached hydrogens (tertiary/aromatic N) is 2. The molecule has 1 aromatic rings. The molecule has 0 heterocycles. The van der Waals surface area contributed by atoms with Crippen LogP contribution in [0.2, 0.25) is 0 Å². The van der Waals surface area contributed by atoms with Crippen LogP contribution in [0, 0.1) is 25.2 Å². The van der Waals surface area contributed by atoms with E-state index in [0.717, 1.165) is 16.7 Å². The second-order valence-electron chi connectivity index (χ2n) is 3.15. The maximum absolute atomic E-state index is 9.96. The average molecular weight is 201 g/mol. The van der Waals surface area contributed by atoms with Crippen LogP contribution in [0.4, 0.5) is 0 Å². The Bertz CT molecular complexity index is 421. The molecule has 15 heavy (non-hydrogen) atoms. The fourth-order valence-electron chi connectivity index (χ4n) is 1.39. The molecular formula is C11H11N3O. The van der Waals surface area contributed by atoms with E-state index in [2.05, 4.69) is 16.6 Å². The van der Waals surface area contributed by atoms with Gasteiger partial charge in [0.2, 0.25) is 6.41 Å². The highest BCUT2D eigenvalue weighted by atomic mass is 16.1. The van der Waals surface area contributed by atoms with Crippen LogP contribution >= 0.6 is 0 Å². The standard InChI is InChI=1S/C11H11N3O/c1-8-3-10(6-13-14-7-15)4-9(2)11(8)5-12/h3-4,6-7H,1-2H3,(H,14,15)/b13-6+. The summed E-state index contributed by atoms with van der Waals surface area (Å²) >= 11 is 0. The summed E-state index contributed by atoms with van der Waals surface area (Å²) in [4.78, 5) is 9.96. The van der Waals surface area contributed by atoms with Crippen LogP contribution in [0.1, 0.15) is 22.3 Å². The fraction of sp³-hybridized carbons (Fsp3) is 0.182. The van der Waals surface area contributed by atoms with Crippen molar-refractivity contribution in [3.63, 3.8) is 0 Å². The van der Waals surface area contributed by atoms with Gasteiger partial charge in [-0.05, 0) is 42.7 Å². The van der Waals surface area contributed by atoms with E-state index in [0.29, 0.717) is 12.0 Å². The summed E-state index contributed by atoms with van der Waals surface area (Å²) in [7, 11) is 0. The Kier molecular flexibility index (Phi) is 3.58. The van der Waals surface area contributed by atoms with Gasteiger partial charge in [-0.1, -0.05) is 0 Å². The molecule has 4 nitrogen and oxygen atoms in total. The number of nitriles is 1. The van der Waals surface area contributed by atoms with E-state index in [9.17, 15) is 4.79 Å². The maximum atomic E-state index is 9.96. The number of hydrogen-bond donors (Lipinski definition) is 1. The first kappa shape index (κ1) is 10.9. The van der Waals surface area contributed by atoms with Crippen molar-refractivity contribution in [2.45, 2.75) is 13.8 Å². The van der Waals surface area contributed by atoms with Crippen LogP contribution in [-0.2, 0) is 4.79 Å². The Labute approximate surface area is 88.2 Å². The van der Waals surface area contributed by atoms with Crippen LogP contribution < -0.4 is 5.43 Å². The van der Waals surface area contributed by atoms with E-state index >= 15 is 0 Å². The molecule has 0 aliphatic carbocycles. The fourth-order valence-corrected chi connectivity index (χ4v) is 1.39. The van der Waals surface area contributed by atoms with E-state index in [1.165, 1.54) is 6.21 Å². The first-order chi connectivity index (χ1) is 7.19. The molecule has 0 atom stereocenters. The van der Waals surface area contributed by atoms with Crippen LogP contribution in [0.3, 0.4) is 0 Å². The van der Waals surface area contributed by atoms with Gasteiger partial charge >= 0.3 is 0 Å².